The van der Waals surface area contributed by atoms with Gasteiger partial charge in [-0.3, -0.25) is 0 Å². The molecule has 2 N–H and O–H groups in total. The topological polar surface area (TPSA) is 74.2 Å². The maximum Gasteiger partial charge on any atom is 0.318 e. The third-order valence-corrected chi connectivity index (χ3v) is 2.38. The first-order chi connectivity index (χ1) is 6.21. The molecule has 0 amide bonds. The second-order valence-corrected chi connectivity index (χ2v) is 3.49. The average molecular weight is 183 g/mol. The van der Waals surface area contributed by atoms with Crippen molar-refractivity contribution >= 4 is 6.01 Å². The van der Waals surface area contributed by atoms with E-state index in [2.05, 4.69) is 10.1 Å². The Morgan fingerprint density at radius 1 is 1.46 bits per heavy atom. The minimum atomic E-state index is -0.403. The van der Waals surface area contributed by atoms with Gasteiger partial charge in [0.2, 0.25) is 5.82 Å². The first-order valence-corrected chi connectivity index (χ1v) is 4.44. The third kappa shape index (κ3) is 1.51. The minimum Gasteiger partial charge on any atom is -0.367 e. The molecule has 1 aliphatic rings. The summed E-state index contributed by atoms with van der Waals surface area (Å²) in [7, 11) is 0. The number of hydrogen-bond acceptors (Lipinski definition) is 5. The molecule has 1 aromatic rings. The molecule has 0 spiro atoms. The summed E-state index contributed by atoms with van der Waals surface area (Å²) < 4.78 is 10.3. The molecular weight excluding hydrogens is 170 g/mol. The van der Waals surface area contributed by atoms with E-state index in [1.165, 1.54) is 0 Å². The largest absolute Gasteiger partial charge is 0.367 e. The summed E-state index contributed by atoms with van der Waals surface area (Å²) >= 11 is 0. The summed E-state index contributed by atoms with van der Waals surface area (Å²) in [6.45, 7) is 2.72. The van der Waals surface area contributed by atoms with Crippen LogP contribution in [0.1, 0.15) is 32.0 Å². The number of anilines is 1. The monoisotopic (exact) mass is 183 g/mol. The van der Waals surface area contributed by atoms with Gasteiger partial charge < -0.3 is 15.0 Å². The molecule has 0 radical (unpaired) electrons. The Balaban J connectivity index is 2.22. The van der Waals surface area contributed by atoms with Crippen molar-refractivity contribution in [2.45, 2.75) is 31.8 Å². The number of nitrogen functional groups attached to an aromatic ring is 1. The summed E-state index contributed by atoms with van der Waals surface area (Å²) in [6.07, 6.45) is 3.15. The molecular formula is C8H13N3O2. The molecule has 0 saturated carbocycles. The van der Waals surface area contributed by atoms with Gasteiger partial charge in [-0.2, -0.15) is 4.98 Å². The fourth-order valence-electron chi connectivity index (χ4n) is 1.56. The second kappa shape index (κ2) is 2.99. The summed E-state index contributed by atoms with van der Waals surface area (Å²) in [5.41, 5.74) is 4.94. The van der Waals surface area contributed by atoms with Crippen LogP contribution in [-0.4, -0.2) is 16.7 Å². The molecule has 2 heterocycles. The Bertz CT molecular complexity index is 291. The van der Waals surface area contributed by atoms with Crippen LogP contribution in [0.3, 0.4) is 0 Å². The lowest BCUT2D eigenvalue weighted by Gasteiger charge is -2.30. The SMILES string of the molecule is CC1(c2noc(N)n2)CCCCO1. The van der Waals surface area contributed by atoms with E-state index in [9.17, 15) is 0 Å². The molecule has 1 saturated heterocycles. The molecule has 72 valence electrons. The molecule has 0 bridgehead atoms. The van der Waals surface area contributed by atoms with Crippen molar-refractivity contribution < 1.29 is 9.26 Å². The molecule has 2 rings (SSSR count). The van der Waals surface area contributed by atoms with Gasteiger partial charge >= 0.3 is 6.01 Å². The van der Waals surface area contributed by atoms with Crippen LogP contribution in [0.15, 0.2) is 4.52 Å². The van der Waals surface area contributed by atoms with E-state index in [4.69, 9.17) is 15.0 Å². The smallest absolute Gasteiger partial charge is 0.318 e. The van der Waals surface area contributed by atoms with Gasteiger partial charge in [0.05, 0.1) is 0 Å². The maximum absolute atomic E-state index is 5.62. The zero-order valence-corrected chi connectivity index (χ0v) is 7.62. The van der Waals surface area contributed by atoms with Crippen LogP contribution < -0.4 is 5.73 Å². The van der Waals surface area contributed by atoms with E-state index >= 15 is 0 Å². The molecule has 5 nitrogen and oxygen atoms in total. The van der Waals surface area contributed by atoms with Crippen molar-refractivity contribution in [3.63, 3.8) is 0 Å². The van der Waals surface area contributed by atoms with Crippen LogP contribution in [0.2, 0.25) is 0 Å². The standard InChI is InChI=1S/C8H13N3O2/c1-8(4-2-3-5-12-8)6-10-7(9)13-11-6/h2-5H2,1H3,(H2,9,10,11). The quantitative estimate of drug-likeness (QED) is 0.704. The van der Waals surface area contributed by atoms with Crippen LogP contribution in [-0.2, 0) is 10.3 Å². The van der Waals surface area contributed by atoms with Crippen LogP contribution in [0.5, 0.6) is 0 Å². The number of ether oxygens (including phenoxy) is 1. The average Bonchev–Trinajstić information content (AvgIpc) is 2.54. The number of nitrogens with zero attached hydrogens (tertiary/aromatic N) is 2. The number of nitrogens with two attached hydrogens (primary N) is 1. The van der Waals surface area contributed by atoms with E-state index in [0.29, 0.717) is 5.82 Å². The molecule has 5 heteroatoms. The first-order valence-electron chi connectivity index (χ1n) is 4.44. The zero-order valence-electron chi connectivity index (χ0n) is 7.62. The lowest BCUT2D eigenvalue weighted by molar-refractivity contribution is -0.0770. The number of rotatable bonds is 1. The second-order valence-electron chi connectivity index (χ2n) is 3.49. The molecule has 1 aliphatic heterocycles. The lowest BCUT2D eigenvalue weighted by Crippen LogP contribution is -2.31. The fourth-order valence-corrected chi connectivity index (χ4v) is 1.56. The molecule has 0 aliphatic carbocycles. The molecule has 0 aromatic carbocycles. The van der Waals surface area contributed by atoms with Crippen molar-refractivity contribution in [1.82, 2.24) is 10.1 Å². The molecule has 1 aromatic heterocycles. The van der Waals surface area contributed by atoms with Gasteiger partial charge in [-0.15, -0.1) is 0 Å². The van der Waals surface area contributed by atoms with Gasteiger partial charge in [0, 0.05) is 6.61 Å². The third-order valence-electron chi connectivity index (χ3n) is 2.38. The van der Waals surface area contributed by atoms with Gasteiger partial charge in [0.15, 0.2) is 0 Å². The number of hydrogen-bond donors (Lipinski definition) is 1. The van der Waals surface area contributed by atoms with Crippen LogP contribution >= 0.6 is 0 Å². The minimum absolute atomic E-state index is 0.102. The van der Waals surface area contributed by atoms with Gasteiger partial charge in [-0.25, -0.2) is 0 Å². The highest BCUT2D eigenvalue weighted by atomic mass is 16.5. The van der Waals surface area contributed by atoms with Crippen molar-refractivity contribution in [3.05, 3.63) is 5.82 Å². The van der Waals surface area contributed by atoms with Crippen molar-refractivity contribution in [1.29, 1.82) is 0 Å². The maximum atomic E-state index is 5.62. The van der Waals surface area contributed by atoms with E-state index in [1.54, 1.807) is 0 Å². The normalized spacial score (nSPS) is 29.0. The highest BCUT2D eigenvalue weighted by Crippen LogP contribution is 2.32. The Labute approximate surface area is 76.3 Å². The lowest BCUT2D eigenvalue weighted by atomic mass is 9.95. The fraction of sp³-hybridized carbons (Fsp3) is 0.750. The molecule has 1 unspecified atom stereocenters. The van der Waals surface area contributed by atoms with Crippen LogP contribution in [0, 0.1) is 0 Å². The Morgan fingerprint density at radius 3 is 2.85 bits per heavy atom. The van der Waals surface area contributed by atoms with Gasteiger partial charge in [-0.05, 0) is 26.2 Å². The molecule has 13 heavy (non-hydrogen) atoms. The summed E-state index contributed by atoms with van der Waals surface area (Å²) in [6, 6.07) is 0.102. The molecule has 1 fully saturated rings. The van der Waals surface area contributed by atoms with Crippen LogP contribution in [0.4, 0.5) is 6.01 Å². The van der Waals surface area contributed by atoms with E-state index in [0.717, 1.165) is 25.9 Å². The Morgan fingerprint density at radius 2 is 2.31 bits per heavy atom. The Kier molecular flexibility index (Phi) is 1.95. The summed E-state index contributed by atoms with van der Waals surface area (Å²) in [4.78, 5) is 3.98. The highest BCUT2D eigenvalue weighted by molar-refractivity contribution is 5.11. The molecule has 1 atom stereocenters. The number of aromatic nitrogens is 2. The van der Waals surface area contributed by atoms with Crippen molar-refractivity contribution in [3.8, 4) is 0 Å². The highest BCUT2D eigenvalue weighted by Gasteiger charge is 2.34. The van der Waals surface area contributed by atoms with Gasteiger partial charge in [0.25, 0.3) is 0 Å². The predicted molar refractivity (Wildman–Crippen MR) is 45.9 cm³/mol. The van der Waals surface area contributed by atoms with Crippen molar-refractivity contribution in [2.75, 3.05) is 12.3 Å². The van der Waals surface area contributed by atoms with E-state index in [1.807, 2.05) is 6.92 Å². The van der Waals surface area contributed by atoms with Crippen LogP contribution in [0.25, 0.3) is 0 Å². The predicted octanol–water partition coefficient (Wildman–Crippen LogP) is 1.07. The zero-order chi connectivity index (χ0) is 9.31. The van der Waals surface area contributed by atoms with Gasteiger partial charge in [-0.1, -0.05) is 5.16 Å². The Hall–Kier alpha value is -1.10. The summed E-state index contributed by atoms with van der Waals surface area (Å²) in [5, 5.41) is 3.78. The van der Waals surface area contributed by atoms with E-state index in [-0.39, 0.29) is 6.01 Å². The van der Waals surface area contributed by atoms with Gasteiger partial charge in [0.1, 0.15) is 5.60 Å². The van der Waals surface area contributed by atoms with Crippen molar-refractivity contribution in [2.24, 2.45) is 0 Å². The van der Waals surface area contributed by atoms with E-state index < -0.39 is 5.60 Å². The first kappa shape index (κ1) is 8.50. The summed E-state index contributed by atoms with van der Waals surface area (Å²) in [5.74, 6) is 0.560.